The molecule has 0 aliphatic carbocycles. The number of carbonyl (C=O) groups is 2. The first-order chi connectivity index (χ1) is 7.58. The zero-order valence-corrected chi connectivity index (χ0v) is 10.1. The lowest BCUT2D eigenvalue weighted by Gasteiger charge is -2.01. The quantitative estimate of drug-likeness (QED) is 0.799. The summed E-state index contributed by atoms with van der Waals surface area (Å²) in [6.45, 7) is 0. The minimum Gasteiger partial charge on any atom is -0.282 e. The van der Waals surface area contributed by atoms with E-state index < -0.39 is 5.91 Å². The fourth-order valence-electron chi connectivity index (χ4n) is 1.20. The molecule has 2 rings (SSSR count). The summed E-state index contributed by atoms with van der Waals surface area (Å²) >= 11 is 12.7. The molecule has 1 heterocycles. The summed E-state index contributed by atoms with van der Waals surface area (Å²) in [6.07, 6.45) is 1.51. The molecule has 1 aromatic carbocycles. The van der Waals surface area contributed by atoms with Crippen molar-refractivity contribution in [2.45, 2.75) is 0 Å². The van der Waals surface area contributed by atoms with Crippen molar-refractivity contribution < 1.29 is 9.59 Å². The molecule has 82 valence electrons. The second-order valence-electron chi connectivity index (χ2n) is 2.99. The zero-order chi connectivity index (χ0) is 11.7. The molecule has 0 radical (unpaired) electrons. The first kappa shape index (κ1) is 11.5. The SMILES string of the molecule is O=C1NC(=O)C(=Cc2c(Cl)cccc2Cl)S1. The van der Waals surface area contributed by atoms with Gasteiger partial charge < -0.3 is 0 Å². The lowest BCUT2D eigenvalue weighted by Crippen LogP contribution is -2.17. The van der Waals surface area contributed by atoms with Crippen LogP contribution >= 0.6 is 35.0 Å². The van der Waals surface area contributed by atoms with Gasteiger partial charge in [-0.2, -0.15) is 0 Å². The molecule has 1 saturated heterocycles. The molecule has 6 heteroatoms. The molecule has 1 N–H and O–H groups in total. The third-order valence-corrected chi connectivity index (χ3v) is 3.39. The van der Waals surface area contributed by atoms with Crippen molar-refractivity contribution in [3.8, 4) is 0 Å². The van der Waals surface area contributed by atoms with Gasteiger partial charge in [-0.3, -0.25) is 14.9 Å². The van der Waals surface area contributed by atoms with Crippen LogP contribution in [0.5, 0.6) is 0 Å². The van der Waals surface area contributed by atoms with Crippen LogP contribution in [0.3, 0.4) is 0 Å². The van der Waals surface area contributed by atoms with Crippen LogP contribution in [0.15, 0.2) is 23.1 Å². The van der Waals surface area contributed by atoms with Crippen molar-refractivity contribution in [3.63, 3.8) is 0 Å². The number of amides is 2. The van der Waals surface area contributed by atoms with Gasteiger partial charge in [0.25, 0.3) is 11.1 Å². The largest absolute Gasteiger partial charge is 0.290 e. The first-order valence-corrected chi connectivity index (χ1v) is 5.84. The molecule has 1 aromatic rings. The Morgan fingerprint density at radius 1 is 1.19 bits per heavy atom. The maximum absolute atomic E-state index is 11.3. The average molecular weight is 274 g/mol. The maximum Gasteiger partial charge on any atom is 0.290 e. The number of thioether (sulfide) groups is 1. The highest BCUT2D eigenvalue weighted by Crippen LogP contribution is 2.31. The normalized spacial score (nSPS) is 18.0. The van der Waals surface area contributed by atoms with Gasteiger partial charge in [-0.25, -0.2) is 0 Å². The topological polar surface area (TPSA) is 46.2 Å². The third-order valence-electron chi connectivity index (χ3n) is 1.92. The van der Waals surface area contributed by atoms with Gasteiger partial charge in [-0.05, 0) is 30.0 Å². The summed E-state index contributed by atoms with van der Waals surface area (Å²) in [5, 5.41) is 2.64. The van der Waals surface area contributed by atoms with E-state index >= 15 is 0 Å². The van der Waals surface area contributed by atoms with Crippen LogP contribution < -0.4 is 5.32 Å². The number of carbonyl (C=O) groups excluding carboxylic acids is 2. The molecular formula is C10H5Cl2NO2S. The Morgan fingerprint density at radius 3 is 2.31 bits per heavy atom. The minimum absolute atomic E-state index is 0.292. The van der Waals surface area contributed by atoms with E-state index in [1.165, 1.54) is 6.08 Å². The fourth-order valence-corrected chi connectivity index (χ4v) is 2.37. The van der Waals surface area contributed by atoms with E-state index in [1.807, 2.05) is 0 Å². The van der Waals surface area contributed by atoms with E-state index in [1.54, 1.807) is 18.2 Å². The van der Waals surface area contributed by atoms with Crippen molar-refractivity contribution in [2.24, 2.45) is 0 Å². The van der Waals surface area contributed by atoms with Crippen LogP contribution in [0, 0.1) is 0 Å². The van der Waals surface area contributed by atoms with Gasteiger partial charge in [-0.1, -0.05) is 29.3 Å². The van der Waals surface area contributed by atoms with Crippen LogP contribution in [0.25, 0.3) is 6.08 Å². The van der Waals surface area contributed by atoms with Crippen LogP contribution in [-0.2, 0) is 4.79 Å². The van der Waals surface area contributed by atoms with Crippen LogP contribution in [-0.4, -0.2) is 11.1 Å². The molecule has 1 aliphatic heterocycles. The smallest absolute Gasteiger partial charge is 0.282 e. The van der Waals surface area contributed by atoms with Gasteiger partial charge in [0, 0.05) is 15.6 Å². The van der Waals surface area contributed by atoms with E-state index in [2.05, 4.69) is 5.32 Å². The van der Waals surface area contributed by atoms with Crippen molar-refractivity contribution in [1.29, 1.82) is 0 Å². The van der Waals surface area contributed by atoms with Gasteiger partial charge >= 0.3 is 0 Å². The number of hydrogen-bond acceptors (Lipinski definition) is 3. The molecule has 2 amide bonds. The summed E-state index contributed by atoms with van der Waals surface area (Å²) in [5.74, 6) is -0.425. The molecule has 0 unspecified atom stereocenters. The molecule has 0 atom stereocenters. The molecule has 3 nitrogen and oxygen atoms in total. The Balaban J connectivity index is 2.44. The summed E-state index contributed by atoms with van der Waals surface area (Å²) in [7, 11) is 0. The summed E-state index contributed by atoms with van der Waals surface area (Å²) < 4.78 is 0. The highest BCUT2D eigenvalue weighted by atomic mass is 35.5. The fraction of sp³-hybridized carbons (Fsp3) is 0. The second kappa shape index (κ2) is 4.49. The predicted molar refractivity (Wildman–Crippen MR) is 65.6 cm³/mol. The van der Waals surface area contributed by atoms with Crippen molar-refractivity contribution >= 4 is 52.2 Å². The van der Waals surface area contributed by atoms with Crippen LogP contribution in [0.2, 0.25) is 10.0 Å². The monoisotopic (exact) mass is 273 g/mol. The van der Waals surface area contributed by atoms with Crippen molar-refractivity contribution in [2.75, 3.05) is 0 Å². The summed E-state index contributed by atoms with van der Waals surface area (Å²) in [5.41, 5.74) is 0.540. The second-order valence-corrected chi connectivity index (χ2v) is 4.82. The number of nitrogens with one attached hydrogen (secondary N) is 1. The average Bonchev–Trinajstić information content (AvgIpc) is 2.51. The lowest BCUT2D eigenvalue weighted by atomic mass is 10.2. The number of halogens is 2. The molecule has 1 fully saturated rings. The van der Waals surface area contributed by atoms with E-state index in [0.717, 1.165) is 11.8 Å². The summed E-state index contributed by atoms with van der Waals surface area (Å²) in [4.78, 5) is 22.5. The Kier molecular flexibility index (Phi) is 3.23. The standard InChI is InChI=1S/C10H5Cl2NO2S/c11-6-2-1-3-7(12)5(6)4-8-9(14)13-10(15)16-8/h1-4H,(H,13,14,15). The van der Waals surface area contributed by atoms with Gasteiger partial charge in [0.15, 0.2) is 0 Å². The Bertz CT molecular complexity index is 493. The predicted octanol–water partition coefficient (Wildman–Crippen LogP) is 3.32. The van der Waals surface area contributed by atoms with Crippen LogP contribution in [0.1, 0.15) is 5.56 Å². The molecule has 0 saturated carbocycles. The van der Waals surface area contributed by atoms with Crippen LogP contribution in [0.4, 0.5) is 4.79 Å². The van der Waals surface area contributed by atoms with Gasteiger partial charge in [0.1, 0.15) is 0 Å². The number of imide groups is 1. The molecule has 0 bridgehead atoms. The van der Waals surface area contributed by atoms with E-state index in [9.17, 15) is 9.59 Å². The van der Waals surface area contributed by atoms with E-state index in [4.69, 9.17) is 23.2 Å². The molecule has 0 aromatic heterocycles. The Labute approximate surface area is 106 Å². The maximum atomic E-state index is 11.3. The summed E-state index contributed by atoms with van der Waals surface area (Å²) in [6, 6.07) is 5.04. The lowest BCUT2D eigenvalue weighted by molar-refractivity contribution is -0.115. The van der Waals surface area contributed by atoms with Gasteiger partial charge in [-0.15, -0.1) is 0 Å². The highest BCUT2D eigenvalue weighted by molar-refractivity contribution is 8.18. The molecular weight excluding hydrogens is 269 g/mol. The Morgan fingerprint density at radius 2 is 1.81 bits per heavy atom. The van der Waals surface area contributed by atoms with E-state index in [0.29, 0.717) is 20.5 Å². The Hall–Kier alpha value is -0.970. The zero-order valence-electron chi connectivity index (χ0n) is 7.79. The molecule has 16 heavy (non-hydrogen) atoms. The number of rotatable bonds is 1. The minimum atomic E-state index is -0.425. The van der Waals surface area contributed by atoms with Crippen molar-refractivity contribution in [1.82, 2.24) is 5.32 Å². The first-order valence-electron chi connectivity index (χ1n) is 4.27. The van der Waals surface area contributed by atoms with Gasteiger partial charge in [0.2, 0.25) is 0 Å². The van der Waals surface area contributed by atoms with E-state index in [-0.39, 0.29) is 5.24 Å². The number of hydrogen-bond donors (Lipinski definition) is 1. The number of benzene rings is 1. The molecule has 1 aliphatic rings. The highest BCUT2D eigenvalue weighted by Gasteiger charge is 2.25. The van der Waals surface area contributed by atoms with Crippen molar-refractivity contribution in [3.05, 3.63) is 38.7 Å². The molecule has 0 spiro atoms. The third kappa shape index (κ3) is 2.24. The van der Waals surface area contributed by atoms with Gasteiger partial charge in [0.05, 0.1) is 4.91 Å².